The van der Waals surface area contributed by atoms with E-state index in [1.807, 2.05) is 0 Å². The largest absolute Gasteiger partial charge is 0.299 e. The van der Waals surface area contributed by atoms with E-state index in [1.165, 1.54) is 64.2 Å². The Hall–Kier alpha value is -0.330. The van der Waals surface area contributed by atoms with Crippen LogP contribution in [0.3, 0.4) is 0 Å². The molecule has 0 spiro atoms. The minimum atomic E-state index is 0.325. The van der Waals surface area contributed by atoms with E-state index in [4.69, 9.17) is 0 Å². The second kappa shape index (κ2) is 7.12. The first-order chi connectivity index (χ1) is 13.1. The highest BCUT2D eigenvalue weighted by molar-refractivity contribution is 5.84. The maximum atomic E-state index is 12.5. The van der Waals surface area contributed by atoms with Crippen LogP contribution in [-0.2, 0) is 4.79 Å². The van der Waals surface area contributed by atoms with Crippen molar-refractivity contribution in [1.29, 1.82) is 0 Å². The molecule has 0 aromatic rings. The van der Waals surface area contributed by atoms with Crippen molar-refractivity contribution in [2.45, 2.75) is 112 Å². The maximum Gasteiger partial charge on any atom is 0.136 e. The summed E-state index contributed by atoms with van der Waals surface area (Å²) >= 11 is 0. The molecule has 0 radical (unpaired) electrons. The van der Waals surface area contributed by atoms with E-state index < -0.39 is 0 Å². The lowest BCUT2D eigenvalue weighted by atomic mass is 9.42. The smallest absolute Gasteiger partial charge is 0.136 e. The summed E-state index contributed by atoms with van der Waals surface area (Å²) in [4.78, 5) is 12.5. The molecule has 1 heteroatoms. The molecule has 0 aliphatic heterocycles. The van der Waals surface area contributed by atoms with Gasteiger partial charge in [-0.1, -0.05) is 60.8 Å². The molecule has 0 heterocycles. The normalized spacial score (nSPS) is 49.0. The molecule has 4 aliphatic rings. The molecule has 160 valence electrons. The Kier molecular flexibility index (Phi) is 5.32. The summed E-state index contributed by atoms with van der Waals surface area (Å²) in [5, 5.41) is 0. The zero-order valence-electron chi connectivity index (χ0n) is 19.7. The van der Waals surface area contributed by atoms with Crippen LogP contribution in [0.25, 0.3) is 0 Å². The van der Waals surface area contributed by atoms with Crippen LogP contribution in [0.4, 0.5) is 0 Å². The number of hydrogen-bond acceptors (Lipinski definition) is 1. The zero-order valence-corrected chi connectivity index (χ0v) is 19.7. The van der Waals surface area contributed by atoms with Crippen molar-refractivity contribution in [2.24, 2.45) is 51.8 Å². The topological polar surface area (TPSA) is 17.1 Å². The molecule has 0 saturated heterocycles. The van der Waals surface area contributed by atoms with E-state index in [1.54, 1.807) is 0 Å². The first-order valence-corrected chi connectivity index (χ1v) is 12.7. The maximum absolute atomic E-state index is 12.5. The predicted molar refractivity (Wildman–Crippen MR) is 118 cm³/mol. The third kappa shape index (κ3) is 2.88. The molecule has 4 saturated carbocycles. The van der Waals surface area contributed by atoms with Crippen molar-refractivity contribution >= 4 is 5.78 Å². The fourth-order valence-electron chi connectivity index (χ4n) is 9.32. The number of Topliss-reactive ketones (excluding diaryl/α,β-unsaturated/α-hetero) is 1. The Morgan fingerprint density at radius 3 is 2.29 bits per heavy atom. The molecule has 0 N–H and O–H groups in total. The lowest BCUT2D eigenvalue weighted by molar-refractivity contribution is -0.149. The molecule has 0 aromatic heterocycles. The third-order valence-corrected chi connectivity index (χ3v) is 11.2. The molecule has 4 fully saturated rings. The quantitative estimate of drug-likeness (QED) is 0.473. The summed E-state index contributed by atoms with van der Waals surface area (Å²) < 4.78 is 0. The van der Waals surface area contributed by atoms with Gasteiger partial charge >= 0.3 is 0 Å². The molecule has 4 rings (SSSR count). The van der Waals surface area contributed by atoms with E-state index >= 15 is 0 Å². The Morgan fingerprint density at radius 1 is 0.857 bits per heavy atom. The van der Waals surface area contributed by atoms with Crippen LogP contribution in [0.5, 0.6) is 0 Å². The van der Waals surface area contributed by atoms with Gasteiger partial charge in [0.1, 0.15) is 5.78 Å². The van der Waals surface area contributed by atoms with E-state index in [9.17, 15) is 4.79 Å². The van der Waals surface area contributed by atoms with Crippen molar-refractivity contribution in [1.82, 2.24) is 0 Å². The fourth-order valence-corrected chi connectivity index (χ4v) is 9.32. The molecule has 0 amide bonds. The Bertz CT molecular complexity index is 607. The average molecular weight is 387 g/mol. The SMILES string of the molecule is CC(C)CCC[C@H](C)[C@H]1CC[C@@]2(C)[C@H]3CC[C@H]4C(=O)CC[C@]4(C)[C@@H]3CC[C@]12C. The van der Waals surface area contributed by atoms with Crippen LogP contribution in [0.1, 0.15) is 112 Å². The van der Waals surface area contributed by atoms with Crippen LogP contribution in [0.15, 0.2) is 0 Å². The second-order valence-electron chi connectivity index (χ2n) is 12.6. The molecule has 1 nitrogen and oxygen atoms in total. The van der Waals surface area contributed by atoms with E-state index in [-0.39, 0.29) is 0 Å². The standard InChI is InChI=1S/C27H46O/c1-18(2)8-7-9-19(3)20-12-16-27(6)22-10-11-23-24(28)14-15-25(23,4)21(22)13-17-26(20,27)5/h18-23H,7-17H2,1-6H3/t19-,20+,21+,22-,23-,25+,26+,27-/m0/s1. The molecule has 8 atom stereocenters. The van der Waals surface area contributed by atoms with Gasteiger partial charge in [0.15, 0.2) is 0 Å². The van der Waals surface area contributed by atoms with Crippen molar-refractivity contribution in [3.63, 3.8) is 0 Å². The van der Waals surface area contributed by atoms with Gasteiger partial charge in [-0.3, -0.25) is 4.79 Å². The summed E-state index contributed by atoms with van der Waals surface area (Å²) in [6.07, 6.45) is 14.5. The first kappa shape index (κ1) is 20.9. The third-order valence-electron chi connectivity index (χ3n) is 11.2. The van der Waals surface area contributed by atoms with Crippen LogP contribution in [0.2, 0.25) is 0 Å². The summed E-state index contributed by atoms with van der Waals surface area (Å²) in [5.41, 5.74) is 1.36. The summed E-state index contributed by atoms with van der Waals surface area (Å²) in [5.74, 6) is 5.31. The highest BCUT2D eigenvalue weighted by Crippen LogP contribution is 2.73. The minimum Gasteiger partial charge on any atom is -0.299 e. The van der Waals surface area contributed by atoms with Gasteiger partial charge in [0, 0.05) is 12.3 Å². The lowest BCUT2D eigenvalue weighted by Crippen LogP contribution is -2.56. The van der Waals surface area contributed by atoms with Crippen LogP contribution in [-0.4, -0.2) is 5.78 Å². The average Bonchev–Trinajstić information content (AvgIpc) is 3.08. The number of rotatable bonds is 5. The molecule has 4 aliphatic carbocycles. The van der Waals surface area contributed by atoms with Gasteiger partial charge in [-0.2, -0.15) is 0 Å². The molecule has 0 bridgehead atoms. The highest BCUT2D eigenvalue weighted by Gasteiger charge is 2.66. The Balaban J connectivity index is 1.54. The van der Waals surface area contributed by atoms with Crippen LogP contribution in [0, 0.1) is 51.8 Å². The van der Waals surface area contributed by atoms with Crippen LogP contribution < -0.4 is 0 Å². The van der Waals surface area contributed by atoms with E-state index in [0.29, 0.717) is 27.9 Å². The first-order valence-electron chi connectivity index (χ1n) is 12.7. The summed E-state index contributed by atoms with van der Waals surface area (Å²) in [6, 6.07) is 0. The lowest BCUT2D eigenvalue weighted by Gasteiger charge is -2.62. The molecule has 28 heavy (non-hydrogen) atoms. The number of fused-ring (bicyclic) bond motifs is 5. The van der Waals surface area contributed by atoms with Crippen molar-refractivity contribution in [3.8, 4) is 0 Å². The number of ketones is 1. The van der Waals surface area contributed by atoms with Gasteiger partial charge in [-0.05, 0) is 90.8 Å². The van der Waals surface area contributed by atoms with Crippen LogP contribution >= 0.6 is 0 Å². The monoisotopic (exact) mass is 386 g/mol. The Labute approximate surface area is 174 Å². The highest BCUT2D eigenvalue weighted by atomic mass is 16.1. The van der Waals surface area contributed by atoms with Gasteiger partial charge in [-0.15, -0.1) is 0 Å². The minimum absolute atomic E-state index is 0.325. The predicted octanol–water partition coefficient (Wildman–Crippen LogP) is 7.68. The van der Waals surface area contributed by atoms with Gasteiger partial charge in [-0.25, -0.2) is 0 Å². The molecule has 0 aromatic carbocycles. The van der Waals surface area contributed by atoms with Crippen molar-refractivity contribution < 1.29 is 4.79 Å². The van der Waals surface area contributed by atoms with E-state index in [2.05, 4.69) is 41.5 Å². The number of hydrogen-bond donors (Lipinski definition) is 0. The van der Waals surface area contributed by atoms with E-state index in [0.717, 1.165) is 36.0 Å². The zero-order chi connectivity index (χ0) is 20.3. The van der Waals surface area contributed by atoms with Crippen molar-refractivity contribution in [3.05, 3.63) is 0 Å². The molecular formula is C27H46O. The number of carbonyl (C=O) groups excluding carboxylic acids is 1. The second-order valence-corrected chi connectivity index (χ2v) is 12.6. The molecular weight excluding hydrogens is 340 g/mol. The molecule has 0 unspecified atom stereocenters. The fraction of sp³-hybridized carbons (Fsp3) is 0.963. The van der Waals surface area contributed by atoms with Gasteiger partial charge < -0.3 is 0 Å². The summed E-state index contributed by atoms with van der Waals surface area (Å²) in [6.45, 7) is 15.2. The number of carbonyl (C=O) groups is 1. The van der Waals surface area contributed by atoms with Gasteiger partial charge in [0.25, 0.3) is 0 Å². The van der Waals surface area contributed by atoms with Crippen molar-refractivity contribution in [2.75, 3.05) is 0 Å². The Morgan fingerprint density at radius 2 is 1.57 bits per heavy atom. The van der Waals surface area contributed by atoms with Gasteiger partial charge in [0.2, 0.25) is 0 Å². The van der Waals surface area contributed by atoms with Gasteiger partial charge in [0.05, 0.1) is 0 Å². The summed E-state index contributed by atoms with van der Waals surface area (Å²) in [7, 11) is 0.